The van der Waals surface area contributed by atoms with E-state index in [9.17, 15) is 19.2 Å². The molecular formula is C62H58BCl3I2N18O7. The lowest BCUT2D eigenvalue weighted by molar-refractivity contribution is -0.114. The third-order valence-corrected chi connectivity index (χ3v) is 14.9. The molecule has 0 bridgehead atoms. The number of anilines is 6. The standard InChI is InChI=1S/C21H17ClN6O.C17H19IN6O2.C15H13IN6O.C6H6BClO2.C3H3ClO/c1-3-17(29)27(2)15-5-4-6-16(11-15)28-21-18(20(23)24-12-25-21)19(26-28)13-7-9-14(22)10-8-13;1-17(2,3)26-16(25)22-14-12-13(18)23-24(15(12)21-9-20-14)11-7-5-6-10(8-11)19-4;1-3-11(23)21(2)9-5-4-6-10(7-9)22-15-12(13(16)20-22)14(17)18-8-19-15;8-6-3-1-5(2-4-6)7(9)10;1-2-3(4)5/h3-12H,1H2,2H3,(H2,23,24,25);5-9,19H,1-4H3,(H,20,21,22,25);3-8H,1H2,2H3,(H2,17,18,19);1-4,9-10H;2H,1H2. The largest absolute Gasteiger partial charge is 0.488 e. The number of benzene rings is 5. The molecule has 0 unspecified atom stereocenters. The molecule has 25 nitrogen and oxygen atoms in total. The lowest BCUT2D eigenvalue weighted by atomic mass is 9.81. The van der Waals surface area contributed by atoms with E-state index in [1.807, 2.05) is 92.0 Å². The van der Waals surface area contributed by atoms with Crippen molar-refractivity contribution in [3.05, 3.63) is 196 Å². The van der Waals surface area contributed by atoms with Gasteiger partial charge < -0.3 is 41.4 Å². The topological polar surface area (TPSA) is 331 Å². The molecule has 0 atom stereocenters. The number of carbonyl (C=O) groups excluding carboxylic acids is 4. The Kier molecular flexibility index (Phi) is 24.6. The predicted octanol–water partition coefficient (Wildman–Crippen LogP) is 10.8. The van der Waals surface area contributed by atoms with Crippen LogP contribution in [-0.2, 0) is 19.1 Å². The number of allylic oxidation sites excluding steroid dienone is 1. The van der Waals surface area contributed by atoms with Crippen molar-refractivity contribution >= 4 is 183 Å². The minimum atomic E-state index is -1.41. The maximum atomic E-state index is 12.1. The molecule has 0 fully saturated rings. The predicted molar refractivity (Wildman–Crippen MR) is 384 cm³/mol. The van der Waals surface area contributed by atoms with Crippen molar-refractivity contribution in [2.45, 2.75) is 26.4 Å². The monoisotopic (exact) mass is 1540 g/mol. The number of nitrogens with one attached hydrogen (secondary N) is 2. The normalized spacial score (nSPS) is 10.6. The van der Waals surface area contributed by atoms with Crippen LogP contribution in [-0.4, -0.2) is 126 Å². The van der Waals surface area contributed by atoms with E-state index in [1.54, 1.807) is 85.3 Å². The van der Waals surface area contributed by atoms with Gasteiger partial charge in [-0.15, -0.1) is 0 Å². The Bertz CT molecular complexity index is 4550. The smallest absolute Gasteiger partial charge is 0.444 e. The highest BCUT2D eigenvalue weighted by Crippen LogP contribution is 2.34. The lowest BCUT2D eigenvalue weighted by Gasteiger charge is -2.19. The Morgan fingerprint density at radius 3 is 1.52 bits per heavy atom. The summed E-state index contributed by atoms with van der Waals surface area (Å²) in [6.07, 6.45) is 7.21. The van der Waals surface area contributed by atoms with Crippen LogP contribution in [0.3, 0.4) is 0 Å². The van der Waals surface area contributed by atoms with Crippen molar-refractivity contribution in [1.82, 2.24) is 59.2 Å². The van der Waals surface area contributed by atoms with Crippen LogP contribution in [0.4, 0.5) is 39.3 Å². The van der Waals surface area contributed by atoms with Crippen molar-refractivity contribution in [3.63, 3.8) is 0 Å². The quantitative estimate of drug-likeness (QED) is 0.0286. The number of aromatic nitrogens is 12. The van der Waals surface area contributed by atoms with Gasteiger partial charge in [-0.1, -0.05) is 85.4 Å². The van der Waals surface area contributed by atoms with Gasteiger partial charge in [-0.05, 0) is 180 Å². The third-order valence-electron chi connectivity index (χ3n) is 12.7. The highest BCUT2D eigenvalue weighted by molar-refractivity contribution is 14.1. The Hall–Kier alpha value is -9.44. The van der Waals surface area contributed by atoms with Gasteiger partial charge in [-0.25, -0.2) is 48.7 Å². The summed E-state index contributed by atoms with van der Waals surface area (Å²) in [5, 5.41) is 39.6. The molecule has 476 valence electrons. The SMILES string of the molecule is C=CC(=O)Cl.C=CC(=O)N(C)c1cccc(-n2nc(-c3ccc(Cl)cc3)c3c(N)ncnc32)c1.C=CC(=O)N(C)c1cccc(-n2nc(I)c3c(N)ncnc32)c1.CNc1cccc(-n2nc(I)c3c(NC(=O)OC(C)(C)C)ncnc32)c1.OB(O)c1ccc(Cl)cc1. The van der Waals surface area contributed by atoms with Crippen LogP contribution < -0.4 is 37.4 Å². The molecule has 31 heteroatoms. The van der Waals surface area contributed by atoms with E-state index in [1.165, 1.54) is 40.9 Å². The highest BCUT2D eigenvalue weighted by atomic mass is 127. The maximum absolute atomic E-state index is 12.1. The number of rotatable bonds is 12. The van der Waals surface area contributed by atoms with Crippen LogP contribution in [0.2, 0.25) is 10.0 Å². The van der Waals surface area contributed by atoms with E-state index in [4.69, 9.17) is 66.2 Å². The first kappa shape index (κ1) is 71.0. The molecule has 0 spiro atoms. The second-order valence-electron chi connectivity index (χ2n) is 20.1. The van der Waals surface area contributed by atoms with Crippen LogP contribution in [0, 0.1) is 7.40 Å². The molecule has 0 radical (unpaired) electrons. The second kappa shape index (κ2) is 32.2. The first-order chi connectivity index (χ1) is 44.3. The molecule has 11 aromatic rings. The molecule has 0 saturated carbocycles. The van der Waals surface area contributed by atoms with Gasteiger partial charge in [0.1, 0.15) is 49.3 Å². The molecule has 3 amide bonds. The molecule has 6 heterocycles. The van der Waals surface area contributed by atoms with Gasteiger partial charge in [0.05, 0.1) is 33.2 Å². The minimum absolute atomic E-state index is 0.186. The zero-order valence-corrected chi connectivity index (χ0v) is 57.0. The molecule has 93 heavy (non-hydrogen) atoms. The summed E-state index contributed by atoms with van der Waals surface area (Å²) in [6, 6.07) is 36.3. The van der Waals surface area contributed by atoms with Crippen molar-refractivity contribution in [2.24, 2.45) is 0 Å². The molecule has 6 aromatic heterocycles. The van der Waals surface area contributed by atoms with Crippen molar-refractivity contribution in [3.8, 4) is 28.3 Å². The van der Waals surface area contributed by atoms with Gasteiger partial charge in [0.25, 0.3) is 0 Å². The number of nitrogen functional groups attached to an aromatic ring is 2. The van der Waals surface area contributed by atoms with E-state index in [-0.39, 0.29) is 11.8 Å². The first-order valence-corrected chi connectivity index (χ1v) is 30.6. The van der Waals surface area contributed by atoms with Crippen LogP contribution in [0.5, 0.6) is 0 Å². The van der Waals surface area contributed by atoms with E-state index < -0.39 is 24.1 Å². The summed E-state index contributed by atoms with van der Waals surface area (Å²) in [5.74, 6) is 0.696. The van der Waals surface area contributed by atoms with Gasteiger partial charge in [-0.3, -0.25) is 19.7 Å². The summed E-state index contributed by atoms with van der Waals surface area (Å²) >= 11 is 20.5. The van der Waals surface area contributed by atoms with Gasteiger partial charge in [0.2, 0.25) is 17.1 Å². The van der Waals surface area contributed by atoms with Gasteiger partial charge in [0.15, 0.2) is 22.8 Å². The molecule has 0 aliphatic carbocycles. The third kappa shape index (κ3) is 18.2. The highest BCUT2D eigenvalue weighted by Gasteiger charge is 2.23. The van der Waals surface area contributed by atoms with Gasteiger partial charge >= 0.3 is 13.2 Å². The molecule has 8 N–H and O–H groups in total. The molecule has 11 rings (SSSR count). The number of ether oxygens (including phenoxy) is 1. The van der Waals surface area contributed by atoms with E-state index in [0.29, 0.717) is 81.1 Å². The molecular weight excluding hydrogens is 1480 g/mol. The van der Waals surface area contributed by atoms with Crippen molar-refractivity contribution < 1.29 is 34.0 Å². The Morgan fingerprint density at radius 1 is 0.613 bits per heavy atom. The lowest BCUT2D eigenvalue weighted by Crippen LogP contribution is -2.29. The Balaban J connectivity index is 0.000000178. The van der Waals surface area contributed by atoms with E-state index in [0.717, 1.165) is 43.8 Å². The number of carbonyl (C=O) groups is 4. The number of amides is 3. The number of hydrogen-bond acceptors (Lipinski definition) is 19. The number of likely N-dealkylation sites (N-methyl/N-ethyl adjacent to an activating group) is 2. The average Bonchev–Trinajstić information content (AvgIpc) is 1.65. The molecule has 5 aromatic carbocycles. The Morgan fingerprint density at radius 2 is 1.04 bits per heavy atom. The van der Waals surface area contributed by atoms with Crippen molar-refractivity contribution in [2.75, 3.05) is 53.0 Å². The molecule has 0 aliphatic rings. The summed E-state index contributed by atoms with van der Waals surface area (Å²) in [4.78, 5) is 73.6. The summed E-state index contributed by atoms with van der Waals surface area (Å²) in [5.41, 5.74) is 20.0. The molecule has 0 saturated heterocycles. The van der Waals surface area contributed by atoms with Crippen molar-refractivity contribution in [1.29, 1.82) is 0 Å². The summed E-state index contributed by atoms with van der Waals surface area (Å²) < 4.78 is 11.8. The molecule has 0 aliphatic heterocycles. The second-order valence-corrected chi connectivity index (χ2v) is 23.4. The fraction of sp³-hybridized carbons (Fsp3) is 0.113. The number of hydrogen-bond donors (Lipinski definition) is 6. The van der Waals surface area contributed by atoms with E-state index in [2.05, 4.69) is 116 Å². The fourth-order valence-electron chi connectivity index (χ4n) is 8.29. The van der Waals surface area contributed by atoms with Gasteiger partial charge in [-0.2, -0.15) is 15.3 Å². The number of halogens is 5. The number of nitrogens with zero attached hydrogens (tertiary/aromatic N) is 14. The number of fused-ring (bicyclic) bond motifs is 3. The van der Waals surface area contributed by atoms with Crippen LogP contribution >= 0.6 is 80.0 Å². The zero-order valence-electron chi connectivity index (χ0n) is 50.5. The minimum Gasteiger partial charge on any atom is -0.444 e. The van der Waals surface area contributed by atoms with Gasteiger partial charge in [0, 0.05) is 53.8 Å². The summed E-state index contributed by atoms with van der Waals surface area (Å²) in [7, 11) is 3.82. The first-order valence-electron chi connectivity index (χ1n) is 27.3. The van der Waals surface area contributed by atoms with Crippen LogP contribution in [0.1, 0.15) is 20.8 Å². The number of nitrogens with two attached hydrogens (primary N) is 2. The van der Waals surface area contributed by atoms with Crippen LogP contribution in [0.25, 0.3) is 61.4 Å². The fourth-order valence-corrected chi connectivity index (χ4v) is 9.99. The average molecular weight is 1540 g/mol. The summed E-state index contributed by atoms with van der Waals surface area (Å²) in [6.45, 7) is 15.5. The van der Waals surface area contributed by atoms with E-state index >= 15 is 0 Å². The zero-order chi connectivity index (χ0) is 67.8. The Labute approximate surface area is 575 Å². The maximum Gasteiger partial charge on any atom is 0.488 e. The van der Waals surface area contributed by atoms with Crippen LogP contribution in [0.15, 0.2) is 178 Å².